The van der Waals surface area contributed by atoms with E-state index >= 15 is 4.39 Å². The average molecular weight is 502 g/mol. The summed E-state index contributed by atoms with van der Waals surface area (Å²) in [6.07, 6.45) is -0.126. The van der Waals surface area contributed by atoms with Gasteiger partial charge in [0, 0.05) is 35.2 Å². The summed E-state index contributed by atoms with van der Waals surface area (Å²) in [5.41, 5.74) is 0.440. The number of rotatable bonds is 5. The second-order valence-corrected chi connectivity index (χ2v) is 10.2. The van der Waals surface area contributed by atoms with Crippen LogP contribution in [0.15, 0.2) is 23.0 Å². The fourth-order valence-electron chi connectivity index (χ4n) is 5.79. The van der Waals surface area contributed by atoms with E-state index in [-0.39, 0.29) is 47.7 Å². The number of nitrogens with zero attached hydrogens (tertiary/aromatic N) is 2. The number of aliphatic hydroxyl groups is 3. The van der Waals surface area contributed by atoms with Crippen molar-refractivity contribution in [2.45, 2.75) is 50.9 Å². The highest BCUT2D eigenvalue weighted by Crippen LogP contribution is 2.52. The monoisotopic (exact) mass is 501 g/mol. The summed E-state index contributed by atoms with van der Waals surface area (Å²) < 4.78 is 15.2. The highest BCUT2D eigenvalue weighted by atomic mass is 19.1. The van der Waals surface area contributed by atoms with Crippen molar-refractivity contribution in [2.75, 3.05) is 14.1 Å². The first-order valence-electron chi connectivity index (χ1n) is 11.7. The van der Waals surface area contributed by atoms with Crippen LogP contribution in [0.4, 0.5) is 4.39 Å². The standard InChI is InChI=1S/C25H30FN4O6/c1-9(2)29-8-11-7-14(26)12-5-10-6-13-18(30(3)4)21(33)17(24(28)35)22(27)25(13,36)23(34)15(10)20(32)16(12)19(11)31/h7,9-10,13,18,29,31-33,36H,5-6,8H2,1-4H3,(H2,28,35)/q-1/t10-,13-,18-,25+/m0/s1. The molecule has 3 aliphatic rings. The Kier molecular flexibility index (Phi) is 6.22. The molecule has 3 aliphatic carbocycles. The predicted octanol–water partition coefficient (Wildman–Crippen LogP) is 1.04. The number of nitrogens with two attached hydrogens (primary N) is 1. The number of hydrogen-bond donors (Lipinski definition) is 6. The Hall–Kier alpha value is -3.28. The normalized spacial score (nSPS) is 27.9. The van der Waals surface area contributed by atoms with E-state index < -0.39 is 69.5 Å². The minimum absolute atomic E-state index is 0.0216. The number of aromatic hydroxyl groups is 1. The van der Waals surface area contributed by atoms with Crippen LogP contribution in [-0.2, 0) is 22.6 Å². The van der Waals surface area contributed by atoms with Crippen molar-refractivity contribution < 1.29 is 34.4 Å². The molecule has 0 radical (unpaired) electrons. The smallest absolute Gasteiger partial charge is 0.250 e. The van der Waals surface area contributed by atoms with Gasteiger partial charge in [-0.15, -0.1) is 5.71 Å². The van der Waals surface area contributed by atoms with Crippen LogP contribution in [-0.4, -0.2) is 74.5 Å². The molecule has 1 fully saturated rings. The number of halogens is 1. The molecular formula is C25H30FN4O6-. The van der Waals surface area contributed by atoms with Crippen LogP contribution in [0.25, 0.3) is 11.2 Å². The number of benzene rings is 1. The van der Waals surface area contributed by atoms with Gasteiger partial charge >= 0.3 is 0 Å². The van der Waals surface area contributed by atoms with Gasteiger partial charge in [-0.2, -0.15) is 0 Å². The van der Waals surface area contributed by atoms with Gasteiger partial charge in [0.15, 0.2) is 5.78 Å². The Bertz CT molecular complexity index is 1250. The van der Waals surface area contributed by atoms with Gasteiger partial charge in [-0.3, -0.25) is 14.5 Å². The van der Waals surface area contributed by atoms with E-state index in [9.17, 15) is 35.4 Å². The first-order chi connectivity index (χ1) is 16.7. The van der Waals surface area contributed by atoms with Gasteiger partial charge < -0.3 is 36.9 Å². The number of primary amides is 1. The van der Waals surface area contributed by atoms with Gasteiger partial charge in [0.2, 0.25) is 0 Å². The third-order valence-electron chi connectivity index (χ3n) is 7.47. The summed E-state index contributed by atoms with van der Waals surface area (Å²) in [6, 6.07) is 0.133. The van der Waals surface area contributed by atoms with Crippen LogP contribution in [0.5, 0.6) is 5.75 Å². The zero-order chi connectivity index (χ0) is 26.9. The second kappa shape index (κ2) is 8.68. The lowest BCUT2D eigenvalue weighted by Gasteiger charge is -2.54. The van der Waals surface area contributed by atoms with E-state index in [4.69, 9.17) is 5.73 Å². The molecule has 36 heavy (non-hydrogen) atoms. The lowest BCUT2D eigenvalue weighted by atomic mass is 9.57. The molecule has 0 saturated heterocycles. The Morgan fingerprint density at radius 2 is 1.97 bits per heavy atom. The highest BCUT2D eigenvalue weighted by molar-refractivity contribution is 6.35. The number of carbonyl (C=O) groups is 2. The van der Waals surface area contributed by atoms with Crippen LogP contribution in [0.1, 0.15) is 37.0 Å². The second-order valence-electron chi connectivity index (χ2n) is 10.2. The lowest BCUT2D eigenvalue weighted by molar-refractivity contribution is -0.138. The summed E-state index contributed by atoms with van der Waals surface area (Å²) in [7, 11) is 3.10. The number of Topliss-reactive ketones (excluding diaryl/α,β-unsaturated/α-hetero) is 1. The van der Waals surface area contributed by atoms with Crippen LogP contribution in [0, 0.1) is 17.7 Å². The Balaban J connectivity index is 1.91. The molecule has 0 aliphatic heterocycles. The van der Waals surface area contributed by atoms with Gasteiger partial charge in [0.25, 0.3) is 5.91 Å². The first kappa shape index (κ1) is 25.8. The number of ketones is 1. The molecule has 1 amide bonds. The SMILES string of the molecule is CC(C)NCc1cc(F)c2c(c1O)C(O)=C1C(=O)[C@]3(O)C(=[N-])C(C(N)=O)=C(O)[C@@H](N(C)C)[C@@H]3C[C@@H]1C2. The maximum Gasteiger partial charge on any atom is 0.250 e. The van der Waals surface area contributed by atoms with Crippen molar-refractivity contribution in [3.05, 3.63) is 50.9 Å². The largest absolute Gasteiger partial charge is 0.804 e. The summed E-state index contributed by atoms with van der Waals surface area (Å²) in [5, 5.41) is 58.3. The van der Waals surface area contributed by atoms with Crippen LogP contribution in [0.2, 0.25) is 0 Å². The molecule has 11 heteroatoms. The summed E-state index contributed by atoms with van der Waals surface area (Å²) in [5.74, 6) is -6.63. The molecule has 0 unspecified atom stereocenters. The van der Waals surface area contributed by atoms with E-state index in [1.165, 1.54) is 11.0 Å². The number of fused-ring (bicyclic) bond motifs is 3. The van der Waals surface area contributed by atoms with Crippen LogP contribution >= 0.6 is 0 Å². The van der Waals surface area contributed by atoms with E-state index in [0.29, 0.717) is 0 Å². The van der Waals surface area contributed by atoms with Gasteiger partial charge in [0.1, 0.15) is 28.7 Å². The van der Waals surface area contributed by atoms with E-state index in [0.717, 1.165) is 0 Å². The number of carbonyl (C=O) groups excluding carboxylic acids is 2. The highest BCUT2D eigenvalue weighted by Gasteiger charge is 2.60. The summed E-state index contributed by atoms with van der Waals surface area (Å²) >= 11 is 0. The average Bonchev–Trinajstić information content (AvgIpc) is 2.77. The molecule has 1 saturated carbocycles. The molecule has 10 nitrogen and oxygen atoms in total. The zero-order valence-corrected chi connectivity index (χ0v) is 20.5. The van der Waals surface area contributed by atoms with Gasteiger partial charge in [-0.1, -0.05) is 13.8 Å². The third-order valence-corrected chi connectivity index (χ3v) is 7.47. The predicted molar refractivity (Wildman–Crippen MR) is 130 cm³/mol. The van der Waals surface area contributed by atoms with Crippen LogP contribution < -0.4 is 11.1 Å². The minimum Gasteiger partial charge on any atom is -0.804 e. The molecule has 1 aromatic carbocycles. The Labute approximate surface area is 207 Å². The molecule has 194 valence electrons. The van der Waals surface area contributed by atoms with E-state index in [2.05, 4.69) is 5.32 Å². The van der Waals surface area contributed by atoms with Crippen molar-refractivity contribution in [3.8, 4) is 5.75 Å². The number of likely N-dealkylation sites (N-methyl/N-ethyl adjacent to an activating group) is 1. The lowest BCUT2D eigenvalue weighted by Crippen LogP contribution is -2.66. The number of aliphatic hydroxyl groups excluding tert-OH is 2. The fourth-order valence-corrected chi connectivity index (χ4v) is 5.79. The first-order valence-corrected chi connectivity index (χ1v) is 11.7. The number of amides is 1. The molecule has 4 rings (SSSR count). The zero-order valence-electron chi connectivity index (χ0n) is 20.5. The van der Waals surface area contributed by atoms with Crippen molar-refractivity contribution >= 4 is 23.2 Å². The van der Waals surface area contributed by atoms with E-state index in [1.54, 1.807) is 14.1 Å². The molecule has 0 spiro atoms. The summed E-state index contributed by atoms with van der Waals surface area (Å²) in [6.45, 7) is 3.84. The molecular weight excluding hydrogens is 471 g/mol. The Morgan fingerprint density at radius 1 is 1.33 bits per heavy atom. The van der Waals surface area contributed by atoms with Gasteiger partial charge in [-0.05, 0) is 38.9 Å². The Morgan fingerprint density at radius 3 is 2.53 bits per heavy atom. The van der Waals surface area contributed by atoms with Gasteiger partial charge in [0.05, 0.1) is 17.2 Å². The third kappa shape index (κ3) is 3.53. The quantitative estimate of drug-likeness (QED) is 0.346. The molecule has 0 aromatic heterocycles. The van der Waals surface area contributed by atoms with Crippen molar-refractivity contribution in [2.24, 2.45) is 17.6 Å². The topological polar surface area (TPSA) is 179 Å². The molecule has 1 aromatic rings. The number of phenolic OH excluding ortho intramolecular Hbond substituents is 1. The van der Waals surface area contributed by atoms with Crippen molar-refractivity contribution in [3.63, 3.8) is 0 Å². The maximum absolute atomic E-state index is 15.2. The molecule has 0 heterocycles. The molecule has 0 bridgehead atoms. The fraction of sp³-hybridized carbons (Fsp3) is 0.480. The van der Waals surface area contributed by atoms with E-state index in [1.807, 2.05) is 13.8 Å². The minimum atomic E-state index is -2.69. The number of nitrogens with one attached hydrogen (secondary N) is 1. The van der Waals surface area contributed by atoms with Crippen molar-refractivity contribution in [1.82, 2.24) is 10.2 Å². The molecule has 4 atom stereocenters. The summed E-state index contributed by atoms with van der Waals surface area (Å²) in [4.78, 5) is 27.3. The maximum atomic E-state index is 15.2. The van der Waals surface area contributed by atoms with Gasteiger partial charge in [-0.25, -0.2) is 4.39 Å². The van der Waals surface area contributed by atoms with Crippen LogP contribution in [0.3, 0.4) is 0 Å². The molecule has 7 N–H and O–H groups in total. The van der Waals surface area contributed by atoms with Crippen molar-refractivity contribution in [1.29, 1.82) is 0 Å². The number of hydrogen-bond acceptors (Lipinski definition) is 8. The number of phenols is 1.